The molecule has 0 spiro atoms. The summed E-state index contributed by atoms with van der Waals surface area (Å²) in [6.07, 6.45) is 1.01. The summed E-state index contributed by atoms with van der Waals surface area (Å²) in [5.74, 6) is 0.925. The van der Waals surface area contributed by atoms with Gasteiger partial charge in [-0.15, -0.1) is 0 Å². The zero-order valence-electron chi connectivity index (χ0n) is 12.5. The van der Waals surface area contributed by atoms with Crippen LogP contribution in [0.3, 0.4) is 0 Å². The molecule has 0 aliphatic rings. The highest BCUT2D eigenvalue weighted by molar-refractivity contribution is 5.28. The van der Waals surface area contributed by atoms with Gasteiger partial charge in [-0.05, 0) is 50.1 Å². The summed E-state index contributed by atoms with van der Waals surface area (Å²) in [5, 5.41) is 3.56. The average molecular weight is 269 g/mol. The third-order valence-electron chi connectivity index (χ3n) is 3.58. The van der Waals surface area contributed by atoms with E-state index in [0.717, 1.165) is 18.7 Å². The average Bonchev–Trinajstić information content (AvgIpc) is 2.48. The molecule has 2 heteroatoms. The molecule has 0 aromatic heterocycles. The first-order valence-corrected chi connectivity index (χ1v) is 7.12. The number of methoxy groups -OCH3 is 1. The molecule has 1 unspecified atom stereocenters. The van der Waals surface area contributed by atoms with Crippen LogP contribution in [0, 0.1) is 6.92 Å². The van der Waals surface area contributed by atoms with Crippen LogP contribution in [0.1, 0.15) is 29.7 Å². The third-order valence-corrected chi connectivity index (χ3v) is 3.58. The van der Waals surface area contributed by atoms with Crippen molar-refractivity contribution in [3.63, 3.8) is 0 Å². The lowest BCUT2D eigenvalue weighted by atomic mass is 10.1. The molecule has 0 bridgehead atoms. The van der Waals surface area contributed by atoms with Crippen LogP contribution in [0.5, 0.6) is 5.75 Å². The number of aryl methyl sites for hydroxylation is 1. The maximum absolute atomic E-state index is 5.24. The number of hydrogen-bond acceptors (Lipinski definition) is 2. The number of rotatable bonds is 6. The highest BCUT2D eigenvalue weighted by Gasteiger charge is 2.04. The second kappa shape index (κ2) is 7.11. The fraction of sp³-hybridized carbons (Fsp3) is 0.333. The van der Waals surface area contributed by atoms with Crippen molar-refractivity contribution >= 4 is 0 Å². The molecule has 0 aliphatic heterocycles. The number of nitrogens with one attached hydrogen (secondary N) is 1. The van der Waals surface area contributed by atoms with Gasteiger partial charge in [-0.1, -0.05) is 42.0 Å². The zero-order valence-corrected chi connectivity index (χ0v) is 12.5. The van der Waals surface area contributed by atoms with Gasteiger partial charge >= 0.3 is 0 Å². The summed E-state index contributed by atoms with van der Waals surface area (Å²) in [6, 6.07) is 17.3. The van der Waals surface area contributed by atoms with E-state index in [1.807, 2.05) is 12.1 Å². The van der Waals surface area contributed by atoms with Gasteiger partial charge in [0.1, 0.15) is 5.75 Å². The summed E-state index contributed by atoms with van der Waals surface area (Å²) in [6.45, 7) is 5.28. The van der Waals surface area contributed by atoms with E-state index in [1.165, 1.54) is 16.7 Å². The van der Waals surface area contributed by atoms with Crippen LogP contribution in [0.2, 0.25) is 0 Å². The zero-order chi connectivity index (χ0) is 14.4. The SMILES string of the molecule is COc1cccc(CCNC(C)c2ccc(C)cc2)c1. The molecule has 0 heterocycles. The molecule has 0 radical (unpaired) electrons. The Morgan fingerprint density at radius 3 is 2.55 bits per heavy atom. The molecule has 20 heavy (non-hydrogen) atoms. The van der Waals surface area contributed by atoms with Gasteiger partial charge in [0.15, 0.2) is 0 Å². The Balaban J connectivity index is 1.84. The van der Waals surface area contributed by atoms with Gasteiger partial charge in [0.05, 0.1) is 7.11 Å². The van der Waals surface area contributed by atoms with Crippen molar-refractivity contribution in [2.75, 3.05) is 13.7 Å². The summed E-state index contributed by atoms with van der Waals surface area (Å²) in [7, 11) is 1.71. The van der Waals surface area contributed by atoms with Crippen LogP contribution >= 0.6 is 0 Å². The van der Waals surface area contributed by atoms with Crippen LogP contribution in [0.15, 0.2) is 48.5 Å². The van der Waals surface area contributed by atoms with Crippen molar-refractivity contribution < 1.29 is 4.74 Å². The number of benzene rings is 2. The Hall–Kier alpha value is -1.80. The second-order valence-corrected chi connectivity index (χ2v) is 5.19. The predicted molar refractivity (Wildman–Crippen MR) is 84.3 cm³/mol. The van der Waals surface area contributed by atoms with E-state index < -0.39 is 0 Å². The van der Waals surface area contributed by atoms with E-state index in [4.69, 9.17) is 4.74 Å². The van der Waals surface area contributed by atoms with Crippen LogP contribution in [0.25, 0.3) is 0 Å². The molecule has 1 atom stereocenters. The minimum atomic E-state index is 0.376. The van der Waals surface area contributed by atoms with Crippen LogP contribution in [-0.4, -0.2) is 13.7 Å². The molecule has 2 nitrogen and oxygen atoms in total. The normalized spacial score (nSPS) is 12.2. The van der Waals surface area contributed by atoms with Gasteiger partial charge < -0.3 is 10.1 Å². The Kier molecular flexibility index (Phi) is 5.19. The molecule has 2 rings (SSSR count). The van der Waals surface area contributed by atoms with Gasteiger partial charge in [0.2, 0.25) is 0 Å². The second-order valence-electron chi connectivity index (χ2n) is 5.19. The molecule has 0 fully saturated rings. The van der Waals surface area contributed by atoms with E-state index in [2.05, 4.69) is 55.6 Å². The fourth-order valence-corrected chi connectivity index (χ4v) is 2.23. The highest BCUT2D eigenvalue weighted by atomic mass is 16.5. The van der Waals surface area contributed by atoms with E-state index in [-0.39, 0.29) is 0 Å². The topological polar surface area (TPSA) is 21.3 Å². The van der Waals surface area contributed by atoms with Crippen molar-refractivity contribution in [1.82, 2.24) is 5.32 Å². The van der Waals surface area contributed by atoms with Crippen LogP contribution < -0.4 is 10.1 Å². The molecule has 0 amide bonds. The Morgan fingerprint density at radius 1 is 1.10 bits per heavy atom. The van der Waals surface area contributed by atoms with Crippen molar-refractivity contribution in [2.24, 2.45) is 0 Å². The summed E-state index contributed by atoms with van der Waals surface area (Å²) >= 11 is 0. The van der Waals surface area contributed by atoms with Gasteiger partial charge in [0, 0.05) is 6.04 Å². The van der Waals surface area contributed by atoms with Crippen molar-refractivity contribution in [3.05, 3.63) is 65.2 Å². The van der Waals surface area contributed by atoms with Gasteiger partial charge in [-0.2, -0.15) is 0 Å². The van der Waals surface area contributed by atoms with E-state index >= 15 is 0 Å². The molecular weight excluding hydrogens is 246 g/mol. The van der Waals surface area contributed by atoms with Crippen molar-refractivity contribution in [2.45, 2.75) is 26.3 Å². The summed E-state index contributed by atoms with van der Waals surface area (Å²) < 4.78 is 5.24. The van der Waals surface area contributed by atoms with Crippen molar-refractivity contribution in [1.29, 1.82) is 0 Å². The third kappa shape index (κ3) is 4.10. The monoisotopic (exact) mass is 269 g/mol. The number of ether oxygens (including phenoxy) is 1. The van der Waals surface area contributed by atoms with Gasteiger partial charge in [-0.25, -0.2) is 0 Å². The molecular formula is C18H23NO. The Bertz CT molecular complexity index is 533. The Morgan fingerprint density at radius 2 is 1.85 bits per heavy atom. The van der Waals surface area contributed by atoms with E-state index in [1.54, 1.807) is 7.11 Å². The van der Waals surface area contributed by atoms with Gasteiger partial charge in [-0.3, -0.25) is 0 Å². The molecule has 2 aromatic rings. The summed E-state index contributed by atoms with van der Waals surface area (Å²) in [5.41, 5.74) is 3.94. The lowest BCUT2D eigenvalue weighted by Gasteiger charge is -2.14. The molecule has 1 N–H and O–H groups in total. The molecule has 0 aliphatic carbocycles. The maximum atomic E-state index is 5.24. The molecule has 0 saturated heterocycles. The van der Waals surface area contributed by atoms with Crippen LogP contribution in [-0.2, 0) is 6.42 Å². The smallest absolute Gasteiger partial charge is 0.119 e. The lowest BCUT2D eigenvalue weighted by molar-refractivity contribution is 0.414. The quantitative estimate of drug-likeness (QED) is 0.859. The van der Waals surface area contributed by atoms with Gasteiger partial charge in [0.25, 0.3) is 0 Å². The molecule has 2 aromatic carbocycles. The Labute approximate surface area is 121 Å². The first-order chi connectivity index (χ1) is 9.69. The standard InChI is InChI=1S/C18H23NO/c1-14-7-9-17(10-8-14)15(2)19-12-11-16-5-4-6-18(13-16)20-3/h4-10,13,15,19H,11-12H2,1-3H3. The first-order valence-electron chi connectivity index (χ1n) is 7.12. The van der Waals surface area contributed by atoms with Crippen LogP contribution in [0.4, 0.5) is 0 Å². The lowest BCUT2D eigenvalue weighted by Crippen LogP contribution is -2.21. The largest absolute Gasteiger partial charge is 0.497 e. The molecule has 0 saturated carbocycles. The highest BCUT2D eigenvalue weighted by Crippen LogP contribution is 2.15. The van der Waals surface area contributed by atoms with E-state index in [0.29, 0.717) is 6.04 Å². The minimum absolute atomic E-state index is 0.376. The fourth-order valence-electron chi connectivity index (χ4n) is 2.23. The minimum Gasteiger partial charge on any atom is -0.497 e. The molecule has 106 valence electrons. The first kappa shape index (κ1) is 14.6. The maximum Gasteiger partial charge on any atom is 0.119 e. The number of hydrogen-bond donors (Lipinski definition) is 1. The summed E-state index contributed by atoms with van der Waals surface area (Å²) in [4.78, 5) is 0. The van der Waals surface area contributed by atoms with E-state index in [9.17, 15) is 0 Å². The predicted octanol–water partition coefficient (Wildman–Crippen LogP) is 3.90. The van der Waals surface area contributed by atoms with Crippen molar-refractivity contribution in [3.8, 4) is 5.75 Å².